The van der Waals surface area contributed by atoms with E-state index in [0.717, 1.165) is 37.8 Å². The molecule has 1 saturated heterocycles. The average Bonchev–Trinajstić information content (AvgIpc) is 2.42. The molecule has 1 unspecified atom stereocenters. The van der Waals surface area contributed by atoms with Crippen LogP contribution in [0.5, 0.6) is 0 Å². The molecule has 2 aliphatic rings. The monoisotopic (exact) mass is 252 g/mol. The molecule has 2 rings (SSSR count). The van der Waals surface area contributed by atoms with E-state index in [1.807, 2.05) is 7.05 Å². The quantitative estimate of drug-likeness (QED) is 0.833. The summed E-state index contributed by atoms with van der Waals surface area (Å²) in [6.45, 7) is 4.29. The number of carbonyl (C=O) groups is 1. The molecule has 0 aromatic rings. The lowest BCUT2D eigenvalue weighted by molar-refractivity contribution is -0.136. The second kappa shape index (κ2) is 6.55. The maximum Gasteiger partial charge on any atom is 0.239 e. The van der Waals surface area contributed by atoms with E-state index < -0.39 is 0 Å². The third-order valence-electron chi connectivity index (χ3n) is 4.90. The Morgan fingerprint density at radius 2 is 1.83 bits per heavy atom. The van der Waals surface area contributed by atoms with E-state index in [1.54, 1.807) is 0 Å². The van der Waals surface area contributed by atoms with Crippen LogP contribution in [-0.4, -0.2) is 37.0 Å². The van der Waals surface area contributed by atoms with Crippen molar-refractivity contribution in [1.82, 2.24) is 10.2 Å². The van der Waals surface area contributed by atoms with E-state index in [4.69, 9.17) is 0 Å². The van der Waals surface area contributed by atoms with Gasteiger partial charge in [-0.15, -0.1) is 0 Å². The Labute approximate surface area is 111 Å². The number of nitrogens with zero attached hydrogens (tertiary/aromatic N) is 1. The Hall–Kier alpha value is -0.570. The number of rotatable bonds is 4. The number of likely N-dealkylation sites (N-methyl/N-ethyl adjacent to an activating group) is 1. The van der Waals surface area contributed by atoms with Gasteiger partial charge in [0.15, 0.2) is 0 Å². The van der Waals surface area contributed by atoms with Gasteiger partial charge in [0.2, 0.25) is 5.91 Å². The van der Waals surface area contributed by atoms with Crippen LogP contribution in [-0.2, 0) is 4.79 Å². The van der Waals surface area contributed by atoms with Crippen molar-refractivity contribution in [3.8, 4) is 0 Å². The van der Waals surface area contributed by atoms with Crippen molar-refractivity contribution in [2.45, 2.75) is 57.9 Å². The van der Waals surface area contributed by atoms with Crippen molar-refractivity contribution in [1.29, 1.82) is 0 Å². The molecule has 1 saturated carbocycles. The fourth-order valence-electron chi connectivity index (χ4n) is 3.52. The molecule has 1 atom stereocenters. The van der Waals surface area contributed by atoms with Crippen LogP contribution >= 0.6 is 0 Å². The zero-order chi connectivity index (χ0) is 13.0. The minimum atomic E-state index is 0.0748. The highest BCUT2D eigenvalue weighted by molar-refractivity contribution is 5.82. The molecule has 0 aromatic heterocycles. The maximum absolute atomic E-state index is 12.2. The molecule has 3 nitrogen and oxygen atoms in total. The Morgan fingerprint density at radius 1 is 1.17 bits per heavy atom. The van der Waals surface area contributed by atoms with Gasteiger partial charge in [-0.25, -0.2) is 0 Å². The van der Waals surface area contributed by atoms with Crippen molar-refractivity contribution in [2.24, 2.45) is 11.8 Å². The number of hydrogen-bond donors (Lipinski definition) is 1. The molecule has 1 N–H and O–H groups in total. The average molecular weight is 252 g/mol. The van der Waals surface area contributed by atoms with Gasteiger partial charge in [0.05, 0.1) is 6.04 Å². The van der Waals surface area contributed by atoms with E-state index in [1.165, 1.54) is 32.1 Å². The fourth-order valence-corrected chi connectivity index (χ4v) is 3.52. The van der Waals surface area contributed by atoms with E-state index in [0.29, 0.717) is 5.91 Å². The SMILES string of the molecule is CCC1CCC(CN2CCCC(NC)C2=O)CC1. The van der Waals surface area contributed by atoms with Crippen molar-refractivity contribution in [2.75, 3.05) is 20.1 Å². The summed E-state index contributed by atoms with van der Waals surface area (Å²) < 4.78 is 0. The van der Waals surface area contributed by atoms with Crippen LogP contribution in [0.25, 0.3) is 0 Å². The molecular weight excluding hydrogens is 224 g/mol. The standard InChI is InChI=1S/C15H28N2O/c1-3-12-6-8-13(9-7-12)11-17-10-4-5-14(16-2)15(17)18/h12-14,16H,3-11H2,1-2H3. The third kappa shape index (κ3) is 3.25. The van der Waals surface area contributed by atoms with Gasteiger partial charge in [-0.3, -0.25) is 4.79 Å². The van der Waals surface area contributed by atoms with Crippen LogP contribution in [0, 0.1) is 11.8 Å². The molecule has 1 aliphatic heterocycles. The molecule has 3 heteroatoms. The predicted molar refractivity (Wildman–Crippen MR) is 74.4 cm³/mol. The van der Waals surface area contributed by atoms with E-state index in [2.05, 4.69) is 17.1 Å². The fraction of sp³-hybridized carbons (Fsp3) is 0.933. The van der Waals surface area contributed by atoms with Crippen LogP contribution < -0.4 is 5.32 Å². The highest BCUT2D eigenvalue weighted by Gasteiger charge is 2.30. The largest absolute Gasteiger partial charge is 0.341 e. The summed E-state index contributed by atoms with van der Waals surface area (Å²) in [5.41, 5.74) is 0. The molecule has 0 radical (unpaired) electrons. The Balaban J connectivity index is 1.80. The summed E-state index contributed by atoms with van der Waals surface area (Å²) in [5, 5.41) is 3.15. The summed E-state index contributed by atoms with van der Waals surface area (Å²) >= 11 is 0. The molecule has 1 aliphatic carbocycles. The van der Waals surface area contributed by atoms with Gasteiger partial charge in [0, 0.05) is 13.1 Å². The van der Waals surface area contributed by atoms with Crippen LogP contribution in [0.1, 0.15) is 51.9 Å². The first-order valence-corrected chi connectivity index (χ1v) is 7.70. The third-order valence-corrected chi connectivity index (χ3v) is 4.90. The second-order valence-electron chi connectivity index (χ2n) is 6.06. The summed E-state index contributed by atoms with van der Waals surface area (Å²) in [6.07, 6.45) is 8.89. The van der Waals surface area contributed by atoms with E-state index in [9.17, 15) is 4.79 Å². The zero-order valence-corrected chi connectivity index (χ0v) is 12.0. The summed E-state index contributed by atoms with van der Waals surface area (Å²) in [5.74, 6) is 2.04. The summed E-state index contributed by atoms with van der Waals surface area (Å²) in [4.78, 5) is 14.3. The van der Waals surface area contributed by atoms with Crippen molar-refractivity contribution >= 4 is 5.91 Å². The van der Waals surface area contributed by atoms with Crippen LogP contribution in [0.3, 0.4) is 0 Å². The Morgan fingerprint density at radius 3 is 2.44 bits per heavy atom. The molecule has 104 valence electrons. The van der Waals surface area contributed by atoms with E-state index >= 15 is 0 Å². The Bertz CT molecular complexity index is 272. The molecule has 0 spiro atoms. The minimum absolute atomic E-state index is 0.0748. The van der Waals surface area contributed by atoms with Gasteiger partial charge in [-0.2, -0.15) is 0 Å². The van der Waals surface area contributed by atoms with Gasteiger partial charge in [0.1, 0.15) is 0 Å². The molecule has 1 heterocycles. The number of amides is 1. The highest BCUT2D eigenvalue weighted by Crippen LogP contribution is 2.31. The molecule has 1 amide bonds. The Kier molecular flexibility index (Phi) is 5.04. The minimum Gasteiger partial charge on any atom is -0.341 e. The lowest BCUT2D eigenvalue weighted by atomic mass is 9.80. The number of carbonyl (C=O) groups excluding carboxylic acids is 1. The number of likely N-dealkylation sites (tertiary alicyclic amines) is 1. The van der Waals surface area contributed by atoms with Gasteiger partial charge in [-0.05, 0) is 44.6 Å². The number of hydrogen-bond acceptors (Lipinski definition) is 2. The van der Waals surface area contributed by atoms with Gasteiger partial charge in [0.25, 0.3) is 0 Å². The first-order valence-electron chi connectivity index (χ1n) is 7.70. The van der Waals surface area contributed by atoms with Crippen LogP contribution in [0.4, 0.5) is 0 Å². The van der Waals surface area contributed by atoms with Gasteiger partial charge < -0.3 is 10.2 Å². The lowest BCUT2D eigenvalue weighted by Gasteiger charge is -2.36. The normalized spacial score (nSPS) is 33.8. The van der Waals surface area contributed by atoms with Crippen LogP contribution in [0.2, 0.25) is 0 Å². The molecule has 0 aromatic carbocycles. The van der Waals surface area contributed by atoms with Crippen molar-refractivity contribution in [3.05, 3.63) is 0 Å². The first-order chi connectivity index (χ1) is 8.74. The topological polar surface area (TPSA) is 32.3 Å². The van der Waals surface area contributed by atoms with Crippen molar-refractivity contribution in [3.63, 3.8) is 0 Å². The molecule has 0 bridgehead atoms. The number of nitrogens with one attached hydrogen (secondary N) is 1. The highest BCUT2D eigenvalue weighted by atomic mass is 16.2. The molecule has 2 fully saturated rings. The maximum atomic E-state index is 12.2. The lowest BCUT2D eigenvalue weighted by Crippen LogP contribution is -2.51. The van der Waals surface area contributed by atoms with Crippen LogP contribution in [0.15, 0.2) is 0 Å². The second-order valence-corrected chi connectivity index (χ2v) is 6.06. The van der Waals surface area contributed by atoms with Gasteiger partial charge >= 0.3 is 0 Å². The van der Waals surface area contributed by atoms with Crippen molar-refractivity contribution < 1.29 is 4.79 Å². The summed E-state index contributed by atoms with van der Waals surface area (Å²) in [7, 11) is 1.90. The first kappa shape index (κ1) is 13.9. The van der Waals surface area contributed by atoms with E-state index in [-0.39, 0.29) is 6.04 Å². The smallest absolute Gasteiger partial charge is 0.239 e. The molecule has 18 heavy (non-hydrogen) atoms. The number of piperidine rings is 1. The predicted octanol–water partition coefficient (Wildman–Crippen LogP) is 2.41. The molecular formula is C15H28N2O. The summed E-state index contributed by atoms with van der Waals surface area (Å²) in [6, 6.07) is 0.0748. The zero-order valence-electron chi connectivity index (χ0n) is 12.0. The van der Waals surface area contributed by atoms with Gasteiger partial charge in [-0.1, -0.05) is 26.2 Å².